The van der Waals surface area contributed by atoms with E-state index in [4.69, 9.17) is 4.74 Å². The zero-order chi connectivity index (χ0) is 15.9. The molecule has 0 fully saturated rings. The highest BCUT2D eigenvalue weighted by Gasteiger charge is 2.18. The number of aromatic nitrogens is 3. The number of hydrogen-bond donors (Lipinski definition) is 0. The van der Waals surface area contributed by atoms with Crippen LogP contribution >= 0.6 is 11.8 Å². The molecule has 2 aromatic rings. The monoisotopic (exact) mass is 320 g/mol. The van der Waals surface area contributed by atoms with Crippen molar-refractivity contribution in [3.63, 3.8) is 0 Å². The van der Waals surface area contributed by atoms with Crippen LogP contribution < -0.4 is 5.11 Å². The van der Waals surface area contributed by atoms with Crippen LogP contribution in [0.4, 0.5) is 0 Å². The molecule has 0 spiro atoms. The molecule has 0 aliphatic rings. The number of carboxylic acids is 1. The zero-order valence-corrected chi connectivity index (χ0v) is 13.4. The van der Waals surface area contributed by atoms with Crippen molar-refractivity contribution in [1.82, 2.24) is 14.8 Å². The maximum Gasteiger partial charge on any atom is 0.192 e. The molecule has 7 heteroatoms. The summed E-state index contributed by atoms with van der Waals surface area (Å²) in [5.74, 6) is -0.386. The number of nitrogens with zero attached hydrogens (tertiary/aromatic N) is 3. The topological polar surface area (TPSA) is 80.1 Å². The van der Waals surface area contributed by atoms with Crippen molar-refractivity contribution < 1.29 is 14.6 Å². The Morgan fingerprint density at radius 3 is 2.68 bits per heavy atom. The lowest BCUT2D eigenvalue weighted by molar-refractivity contribution is -0.304. The van der Waals surface area contributed by atoms with Crippen molar-refractivity contribution in [3.05, 3.63) is 30.3 Å². The lowest BCUT2D eigenvalue weighted by Crippen LogP contribution is -2.33. The van der Waals surface area contributed by atoms with E-state index >= 15 is 0 Å². The Kier molecular flexibility index (Phi) is 5.97. The third-order valence-electron chi connectivity index (χ3n) is 3.15. The van der Waals surface area contributed by atoms with Gasteiger partial charge in [0.25, 0.3) is 0 Å². The standard InChI is InChI=1S/C15H19N3O3S/c1-3-12(14(19)20)22-15-17-16-13(18(15)9-10-21-2)11-7-5-4-6-8-11/h4-8,12H,3,9-10H2,1-2H3,(H,19,20)/p-1/t12-/m1/s1. The van der Waals surface area contributed by atoms with Crippen LogP contribution in [0.3, 0.4) is 0 Å². The quantitative estimate of drug-likeness (QED) is 0.680. The Balaban J connectivity index is 2.34. The van der Waals surface area contributed by atoms with E-state index in [2.05, 4.69) is 10.2 Å². The minimum atomic E-state index is -1.09. The average Bonchev–Trinajstić information content (AvgIpc) is 2.93. The molecule has 0 aliphatic heterocycles. The van der Waals surface area contributed by atoms with Crippen LogP contribution in [0, 0.1) is 0 Å². The molecule has 0 aliphatic carbocycles. The molecule has 6 nitrogen and oxygen atoms in total. The molecule has 0 N–H and O–H groups in total. The zero-order valence-electron chi connectivity index (χ0n) is 12.6. The molecule has 0 radical (unpaired) electrons. The van der Waals surface area contributed by atoms with Crippen molar-refractivity contribution in [3.8, 4) is 11.4 Å². The molecule has 0 saturated heterocycles. The van der Waals surface area contributed by atoms with Gasteiger partial charge < -0.3 is 14.6 Å². The van der Waals surface area contributed by atoms with Crippen LogP contribution in [0.1, 0.15) is 13.3 Å². The van der Waals surface area contributed by atoms with E-state index in [1.54, 1.807) is 14.0 Å². The Morgan fingerprint density at radius 1 is 1.36 bits per heavy atom. The Bertz CT molecular complexity index is 616. The lowest BCUT2D eigenvalue weighted by Gasteiger charge is -2.16. The summed E-state index contributed by atoms with van der Waals surface area (Å²) in [6.07, 6.45) is 0.463. The van der Waals surface area contributed by atoms with Crippen LogP contribution in [0.25, 0.3) is 11.4 Å². The molecule has 1 aromatic carbocycles. The Labute approximate surface area is 133 Å². The SMILES string of the molecule is CC[C@@H](Sc1nnc(-c2ccccc2)n1CCOC)C(=O)[O-]. The van der Waals surface area contributed by atoms with E-state index in [0.29, 0.717) is 30.6 Å². The van der Waals surface area contributed by atoms with Gasteiger partial charge in [-0.3, -0.25) is 4.57 Å². The number of methoxy groups -OCH3 is 1. The first kappa shape index (κ1) is 16.5. The molecular formula is C15H18N3O3S-. The van der Waals surface area contributed by atoms with Crippen LogP contribution in [0.15, 0.2) is 35.5 Å². The number of carbonyl (C=O) groups excluding carboxylic acids is 1. The average molecular weight is 320 g/mol. The maximum atomic E-state index is 11.1. The predicted octanol–water partition coefficient (Wildman–Crippen LogP) is 1.21. The molecule has 0 saturated carbocycles. The highest BCUT2D eigenvalue weighted by atomic mass is 32.2. The first-order chi connectivity index (χ1) is 10.7. The molecule has 1 heterocycles. The van der Waals surface area contributed by atoms with Gasteiger partial charge in [0.15, 0.2) is 11.0 Å². The molecule has 1 atom stereocenters. The summed E-state index contributed by atoms with van der Waals surface area (Å²) in [6.45, 7) is 2.86. The number of aliphatic carboxylic acids is 1. The second-order valence-corrected chi connectivity index (χ2v) is 5.82. The maximum absolute atomic E-state index is 11.1. The Morgan fingerprint density at radius 2 is 2.09 bits per heavy atom. The van der Waals surface area contributed by atoms with Crippen LogP contribution in [0.2, 0.25) is 0 Å². The smallest absolute Gasteiger partial charge is 0.192 e. The Hall–Kier alpha value is -1.86. The van der Waals surface area contributed by atoms with Crippen molar-refractivity contribution in [2.24, 2.45) is 0 Å². The third-order valence-corrected chi connectivity index (χ3v) is 4.47. The summed E-state index contributed by atoms with van der Waals surface area (Å²) in [6, 6.07) is 9.66. The number of carbonyl (C=O) groups is 1. The van der Waals surface area contributed by atoms with Gasteiger partial charge in [0.1, 0.15) is 0 Å². The van der Waals surface area contributed by atoms with Gasteiger partial charge in [-0.2, -0.15) is 0 Å². The lowest BCUT2D eigenvalue weighted by atomic mass is 10.2. The van der Waals surface area contributed by atoms with Gasteiger partial charge in [-0.1, -0.05) is 49.0 Å². The molecule has 1 aromatic heterocycles. The van der Waals surface area contributed by atoms with E-state index in [0.717, 1.165) is 17.3 Å². The second-order valence-electron chi connectivity index (χ2n) is 4.65. The van der Waals surface area contributed by atoms with E-state index in [1.165, 1.54) is 0 Å². The van der Waals surface area contributed by atoms with Gasteiger partial charge in [-0.15, -0.1) is 10.2 Å². The van der Waals surface area contributed by atoms with Gasteiger partial charge in [-0.05, 0) is 6.42 Å². The van der Waals surface area contributed by atoms with E-state index in [9.17, 15) is 9.90 Å². The summed E-state index contributed by atoms with van der Waals surface area (Å²) in [4.78, 5) is 11.1. The molecule has 2 rings (SSSR count). The number of thioether (sulfide) groups is 1. The summed E-state index contributed by atoms with van der Waals surface area (Å²) in [5, 5.41) is 19.4. The van der Waals surface area contributed by atoms with Crippen molar-refractivity contribution in [2.45, 2.75) is 30.3 Å². The first-order valence-corrected chi connectivity index (χ1v) is 7.90. The number of carboxylic acid groups (broad SMARTS) is 1. The van der Waals surface area contributed by atoms with Crippen LogP contribution in [-0.4, -0.2) is 39.7 Å². The molecule has 0 bridgehead atoms. The third kappa shape index (κ3) is 3.86. The first-order valence-electron chi connectivity index (χ1n) is 7.02. The molecule has 118 valence electrons. The fourth-order valence-electron chi connectivity index (χ4n) is 1.99. The fraction of sp³-hybridized carbons (Fsp3) is 0.400. The van der Waals surface area contributed by atoms with Gasteiger partial charge in [0.2, 0.25) is 0 Å². The minimum absolute atomic E-state index is 0.463. The normalized spacial score (nSPS) is 12.3. The van der Waals surface area contributed by atoms with Crippen LogP contribution in [-0.2, 0) is 16.1 Å². The predicted molar refractivity (Wildman–Crippen MR) is 82.3 cm³/mol. The largest absolute Gasteiger partial charge is 0.549 e. The number of benzene rings is 1. The van der Waals surface area contributed by atoms with E-state index < -0.39 is 11.2 Å². The van der Waals surface area contributed by atoms with E-state index in [1.807, 2.05) is 34.9 Å². The van der Waals surface area contributed by atoms with Crippen molar-refractivity contribution >= 4 is 17.7 Å². The summed E-state index contributed by atoms with van der Waals surface area (Å²) in [7, 11) is 1.62. The molecule has 0 amide bonds. The second kappa shape index (κ2) is 7.95. The fourth-order valence-corrected chi connectivity index (χ4v) is 2.90. The summed E-state index contributed by atoms with van der Waals surface area (Å²) in [5.41, 5.74) is 0.930. The number of ether oxygens (including phenoxy) is 1. The van der Waals surface area contributed by atoms with Crippen LogP contribution in [0.5, 0.6) is 0 Å². The van der Waals surface area contributed by atoms with Gasteiger partial charge in [0.05, 0.1) is 24.4 Å². The number of rotatable bonds is 8. The van der Waals surface area contributed by atoms with Crippen molar-refractivity contribution in [2.75, 3.05) is 13.7 Å². The molecule has 0 unspecified atom stereocenters. The highest BCUT2D eigenvalue weighted by Crippen LogP contribution is 2.27. The molecular weight excluding hydrogens is 302 g/mol. The highest BCUT2D eigenvalue weighted by molar-refractivity contribution is 8.00. The van der Waals surface area contributed by atoms with Gasteiger partial charge in [-0.25, -0.2) is 0 Å². The minimum Gasteiger partial charge on any atom is -0.549 e. The van der Waals surface area contributed by atoms with Gasteiger partial charge in [0, 0.05) is 12.7 Å². The molecule has 22 heavy (non-hydrogen) atoms. The number of hydrogen-bond acceptors (Lipinski definition) is 6. The van der Waals surface area contributed by atoms with Crippen molar-refractivity contribution in [1.29, 1.82) is 0 Å². The summed E-state index contributed by atoms with van der Waals surface area (Å²) >= 11 is 1.16. The summed E-state index contributed by atoms with van der Waals surface area (Å²) < 4.78 is 7.01. The van der Waals surface area contributed by atoms with Gasteiger partial charge >= 0.3 is 0 Å². The van der Waals surface area contributed by atoms with E-state index in [-0.39, 0.29) is 0 Å².